The van der Waals surface area contributed by atoms with Crippen molar-refractivity contribution in [3.05, 3.63) is 0 Å². The van der Waals surface area contributed by atoms with Crippen molar-refractivity contribution in [3.63, 3.8) is 0 Å². The molecule has 1 aliphatic heterocycles. The molecule has 0 aliphatic carbocycles. The monoisotopic (exact) mass is 270 g/mol. The third-order valence-electron chi connectivity index (χ3n) is 3.25. The van der Waals surface area contributed by atoms with E-state index in [0.29, 0.717) is 11.8 Å². The van der Waals surface area contributed by atoms with Gasteiger partial charge in [0.05, 0.1) is 0 Å². The first-order valence-electron chi connectivity index (χ1n) is 7.46. The molecule has 4 nitrogen and oxygen atoms in total. The van der Waals surface area contributed by atoms with Crippen LogP contribution in [0.25, 0.3) is 0 Å². The minimum absolute atomic E-state index is 0.166. The quantitative estimate of drug-likeness (QED) is 0.854. The number of carbonyl (C=O) groups excluding carboxylic acids is 1. The van der Waals surface area contributed by atoms with Crippen LogP contribution in [0.5, 0.6) is 0 Å². The summed E-state index contributed by atoms with van der Waals surface area (Å²) in [4.78, 5) is 13.7. The van der Waals surface area contributed by atoms with E-state index >= 15 is 0 Å². The molecular weight excluding hydrogens is 240 g/mol. The fourth-order valence-electron chi connectivity index (χ4n) is 2.22. The molecule has 1 amide bonds. The van der Waals surface area contributed by atoms with Crippen molar-refractivity contribution in [2.24, 2.45) is 11.8 Å². The molecule has 0 atom stereocenters. The van der Waals surface area contributed by atoms with Gasteiger partial charge in [0.25, 0.3) is 0 Å². The zero-order valence-corrected chi connectivity index (χ0v) is 13.2. The first-order chi connectivity index (χ1) is 8.78. The topological polar surface area (TPSA) is 41.6 Å². The molecular formula is C15H30N2O2. The molecule has 0 radical (unpaired) electrons. The van der Waals surface area contributed by atoms with Crippen LogP contribution in [0.1, 0.15) is 47.5 Å². The molecule has 0 saturated carbocycles. The number of carbonyl (C=O) groups is 1. The van der Waals surface area contributed by atoms with Crippen LogP contribution in [0.15, 0.2) is 0 Å². The van der Waals surface area contributed by atoms with Crippen LogP contribution in [0.2, 0.25) is 0 Å². The molecule has 1 aliphatic rings. The first kappa shape index (κ1) is 16.3. The van der Waals surface area contributed by atoms with Gasteiger partial charge in [0, 0.05) is 13.1 Å². The van der Waals surface area contributed by atoms with Gasteiger partial charge < -0.3 is 15.0 Å². The normalized spacial score (nSPS) is 17.9. The zero-order chi connectivity index (χ0) is 14.5. The van der Waals surface area contributed by atoms with E-state index in [1.807, 2.05) is 25.7 Å². The Hall–Kier alpha value is -0.770. The zero-order valence-electron chi connectivity index (χ0n) is 13.2. The summed E-state index contributed by atoms with van der Waals surface area (Å²) in [7, 11) is 0. The molecule has 0 unspecified atom stereocenters. The van der Waals surface area contributed by atoms with Gasteiger partial charge in [0.2, 0.25) is 0 Å². The lowest BCUT2D eigenvalue weighted by molar-refractivity contribution is 0.0184. The van der Waals surface area contributed by atoms with E-state index in [1.54, 1.807) is 0 Å². The van der Waals surface area contributed by atoms with Gasteiger partial charge >= 0.3 is 6.09 Å². The highest BCUT2D eigenvalue weighted by molar-refractivity contribution is 5.68. The van der Waals surface area contributed by atoms with E-state index in [1.165, 1.54) is 0 Å². The maximum Gasteiger partial charge on any atom is 0.410 e. The Bertz CT molecular complexity index is 276. The number of ether oxygens (including phenoxy) is 1. The maximum atomic E-state index is 11.9. The molecule has 0 aromatic heterocycles. The molecule has 0 bridgehead atoms. The SMILES string of the molecule is CC(C)CNCC1CCN(C(=O)OC(C)(C)C)CC1. The number of nitrogens with one attached hydrogen (secondary N) is 1. The average Bonchev–Trinajstić information content (AvgIpc) is 2.27. The summed E-state index contributed by atoms with van der Waals surface area (Å²) in [6.07, 6.45) is 1.98. The van der Waals surface area contributed by atoms with Gasteiger partial charge in [-0.3, -0.25) is 0 Å². The second kappa shape index (κ2) is 7.13. The van der Waals surface area contributed by atoms with Crippen LogP contribution < -0.4 is 5.32 Å². The Labute approximate surface area is 117 Å². The third kappa shape index (κ3) is 6.81. The predicted octanol–water partition coefficient (Wildman–Crippen LogP) is 2.88. The van der Waals surface area contributed by atoms with Gasteiger partial charge in [-0.05, 0) is 58.5 Å². The van der Waals surface area contributed by atoms with E-state index in [0.717, 1.165) is 39.0 Å². The third-order valence-corrected chi connectivity index (χ3v) is 3.25. The van der Waals surface area contributed by atoms with Gasteiger partial charge in [-0.25, -0.2) is 4.79 Å². The molecule has 112 valence electrons. The van der Waals surface area contributed by atoms with Crippen molar-refractivity contribution in [2.75, 3.05) is 26.2 Å². The van der Waals surface area contributed by atoms with E-state index in [2.05, 4.69) is 19.2 Å². The van der Waals surface area contributed by atoms with Crippen LogP contribution in [-0.4, -0.2) is 42.8 Å². The summed E-state index contributed by atoms with van der Waals surface area (Å²) in [5.41, 5.74) is -0.396. The van der Waals surface area contributed by atoms with Gasteiger partial charge in [0.1, 0.15) is 5.60 Å². The Morgan fingerprint density at radius 3 is 2.37 bits per heavy atom. The minimum Gasteiger partial charge on any atom is -0.444 e. The predicted molar refractivity (Wildman–Crippen MR) is 78.2 cm³/mol. The van der Waals surface area contributed by atoms with Crippen molar-refractivity contribution < 1.29 is 9.53 Å². The fourth-order valence-corrected chi connectivity index (χ4v) is 2.22. The smallest absolute Gasteiger partial charge is 0.410 e. The Morgan fingerprint density at radius 2 is 1.89 bits per heavy atom. The molecule has 19 heavy (non-hydrogen) atoms. The lowest BCUT2D eigenvalue weighted by Gasteiger charge is -2.33. The van der Waals surface area contributed by atoms with Crippen LogP contribution in [0, 0.1) is 11.8 Å². The molecule has 1 rings (SSSR count). The number of rotatable bonds is 4. The van der Waals surface area contributed by atoms with E-state index in [4.69, 9.17) is 4.74 Å². The highest BCUT2D eigenvalue weighted by Crippen LogP contribution is 2.19. The molecule has 1 heterocycles. The van der Waals surface area contributed by atoms with E-state index in [-0.39, 0.29) is 6.09 Å². The van der Waals surface area contributed by atoms with Crippen molar-refractivity contribution >= 4 is 6.09 Å². The van der Waals surface area contributed by atoms with Gasteiger partial charge in [-0.2, -0.15) is 0 Å². The minimum atomic E-state index is -0.396. The largest absolute Gasteiger partial charge is 0.444 e. The summed E-state index contributed by atoms with van der Waals surface area (Å²) in [6, 6.07) is 0. The summed E-state index contributed by atoms with van der Waals surface area (Å²) in [5.74, 6) is 1.39. The van der Waals surface area contributed by atoms with E-state index in [9.17, 15) is 4.79 Å². The Balaban J connectivity index is 2.23. The number of likely N-dealkylation sites (tertiary alicyclic amines) is 1. The molecule has 0 spiro atoms. The number of hydrogen-bond donors (Lipinski definition) is 1. The van der Waals surface area contributed by atoms with Gasteiger partial charge in [0.15, 0.2) is 0 Å². The maximum absolute atomic E-state index is 11.9. The lowest BCUT2D eigenvalue weighted by Crippen LogP contribution is -2.43. The van der Waals surface area contributed by atoms with Crippen LogP contribution in [0.4, 0.5) is 4.79 Å². The van der Waals surface area contributed by atoms with Crippen LogP contribution in [-0.2, 0) is 4.74 Å². The van der Waals surface area contributed by atoms with Crippen molar-refractivity contribution in [2.45, 2.75) is 53.1 Å². The second-order valence-electron chi connectivity index (χ2n) is 6.96. The first-order valence-corrected chi connectivity index (χ1v) is 7.46. The fraction of sp³-hybridized carbons (Fsp3) is 0.933. The van der Waals surface area contributed by atoms with Gasteiger partial charge in [-0.15, -0.1) is 0 Å². The number of amides is 1. The Kier molecular flexibility index (Phi) is 6.11. The number of nitrogens with zero attached hydrogens (tertiary/aromatic N) is 1. The van der Waals surface area contributed by atoms with Gasteiger partial charge in [-0.1, -0.05) is 13.8 Å². The highest BCUT2D eigenvalue weighted by atomic mass is 16.6. The molecule has 1 saturated heterocycles. The molecule has 4 heteroatoms. The summed E-state index contributed by atoms with van der Waals surface area (Å²) in [6.45, 7) is 14.0. The molecule has 0 aromatic rings. The summed E-state index contributed by atoms with van der Waals surface area (Å²) >= 11 is 0. The number of hydrogen-bond acceptors (Lipinski definition) is 3. The van der Waals surface area contributed by atoms with Crippen molar-refractivity contribution in [1.82, 2.24) is 10.2 Å². The average molecular weight is 270 g/mol. The number of piperidine rings is 1. The van der Waals surface area contributed by atoms with Crippen LogP contribution >= 0.6 is 0 Å². The van der Waals surface area contributed by atoms with Crippen LogP contribution in [0.3, 0.4) is 0 Å². The van der Waals surface area contributed by atoms with Crippen molar-refractivity contribution in [3.8, 4) is 0 Å². The molecule has 0 aromatic carbocycles. The molecule has 1 fully saturated rings. The summed E-state index contributed by atoms with van der Waals surface area (Å²) < 4.78 is 5.40. The standard InChI is InChI=1S/C15H30N2O2/c1-12(2)10-16-11-13-6-8-17(9-7-13)14(18)19-15(3,4)5/h12-13,16H,6-11H2,1-5H3. The molecule has 1 N–H and O–H groups in total. The van der Waals surface area contributed by atoms with Crippen molar-refractivity contribution in [1.29, 1.82) is 0 Å². The lowest BCUT2D eigenvalue weighted by atomic mass is 9.97. The van der Waals surface area contributed by atoms with E-state index < -0.39 is 5.60 Å². The Morgan fingerprint density at radius 1 is 1.32 bits per heavy atom. The summed E-state index contributed by atoms with van der Waals surface area (Å²) in [5, 5.41) is 3.50. The highest BCUT2D eigenvalue weighted by Gasteiger charge is 2.26. The second-order valence-corrected chi connectivity index (χ2v) is 6.96.